The molecular formula is C12H17FN2O. The lowest BCUT2D eigenvalue weighted by Crippen LogP contribution is -2.25. The zero-order chi connectivity index (χ0) is 12.1. The van der Waals surface area contributed by atoms with Gasteiger partial charge in [-0.15, -0.1) is 0 Å². The molecule has 2 N–H and O–H groups in total. The van der Waals surface area contributed by atoms with E-state index in [9.17, 15) is 9.18 Å². The number of rotatable bonds is 5. The minimum Gasteiger partial charge on any atom is -0.330 e. The van der Waals surface area contributed by atoms with Gasteiger partial charge in [-0.3, -0.25) is 9.78 Å². The summed E-state index contributed by atoms with van der Waals surface area (Å²) in [5.74, 6) is -0.475. The third-order valence-electron chi connectivity index (χ3n) is 2.40. The van der Waals surface area contributed by atoms with E-state index < -0.39 is 5.82 Å². The van der Waals surface area contributed by atoms with Crippen LogP contribution in [0.2, 0.25) is 0 Å². The molecular weight excluding hydrogens is 207 g/mol. The largest absolute Gasteiger partial charge is 0.330 e. The number of hydrogen-bond acceptors (Lipinski definition) is 3. The van der Waals surface area contributed by atoms with Crippen LogP contribution in [0.4, 0.5) is 4.39 Å². The van der Waals surface area contributed by atoms with E-state index in [-0.39, 0.29) is 18.2 Å². The summed E-state index contributed by atoms with van der Waals surface area (Å²) in [4.78, 5) is 15.6. The molecule has 0 aliphatic heterocycles. The first-order valence-electron chi connectivity index (χ1n) is 5.39. The molecule has 0 saturated heterocycles. The molecule has 0 bridgehead atoms. The molecule has 4 heteroatoms. The third kappa shape index (κ3) is 3.38. The van der Waals surface area contributed by atoms with Crippen LogP contribution in [0.5, 0.6) is 0 Å². The highest BCUT2D eigenvalue weighted by Crippen LogP contribution is 2.16. The number of pyridine rings is 1. The molecule has 0 aromatic carbocycles. The second-order valence-electron chi connectivity index (χ2n) is 4.32. The van der Waals surface area contributed by atoms with Crippen LogP contribution in [-0.4, -0.2) is 17.3 Å². The summed E-state index contributed by atoms with van der Waals surface area (Å²) in [5.41, 5.74) is 5.86. The first-order valence-corrected chi connectivity index (χ1v) is 5.39. The van der Waals surface area contributed by atoms with Gasteiger partial charge in [0.25, 0.3) is 0 Å². The van der Waals surface area contributed by atoms with Crippen molar-refractivity contribution in [3.8, 4) is 0 Å². The van der Waals surface area contributed by atoms with E-state index in [4.69, 9.17) is 5.73 Å². The number of halogens is 1. The maximum atomic E-state index is 12.9. The molecule has 1 heterocycles. The van der Waals surface area contributed by atoms with Gasteiger partial charge in [0.2, 0.25) is 0 Å². The predicted molar refractivity (Wildman–Crippen MR) is 60.5 cm³/mol. The van der Waals surface area contributed by atoms with Crippen LogP contribution in [-0.2, 0) is 0 Å². The second kappa shape index (κ2) is 5.70. The van der Waals surface area contributed by atoms with Crippen LogP contribution in [0.3, 0.4) is 0 Å². The number of carbonyl (C=O) groups is 1. The summed E-state index contributed by atoms with van der Waals surface area (Å²) in [6, 6.07) is 1.21. The SMILES string of the molecule is CC(C)CC(CN)C(=O)c1cncc(F)c1. The van der Waals surface area contributed by atoms with Crippen LogP contribution in [0.25, 0.3) is 0 Å². The minimum absolute atomic E-state index is 0.122. The summed E-state index contributed by atoms with van der Waals surface area (Å²) < 4.78 is 12.9. The van der Waals surface area contributed by atoms with Gasteiger partial charge in [-0.25, -0.2) is 4.39 Å². The van der Waals surface area contributed by atoms with Crippen molar-refractivity contribution < 1.29 is 9.18 Å². The topological polar surface area (TPSA) is 56.0 Å². The number of nitrogens with two attached hydrogens (primary N) is 1. The molecule has 1 atom stereocenters. The van der Waals surface area contributed by atoms with Gasteiger partial charge in [0.15, 0.2) is 5.78 Å². The third-order valence-corrected chi connectivity index (χ3v) is 2.40. The molecule has 1 aromatic heterocycles. The van der Waals surface area contributed by atoms with Crippen molar-refractivity contribution in [3.63, 3.8) is 0 Å². The van der Waals surface area contributed by atoms with Gasteiger partial charge >= 0.3 is 0 Å². The fraction of sp³-hybridized carbons (Fsp3) is 0.500. The van der Waals surface area contributed by atoms with Gasteiger partial charge in [0.05, 0.1) is 6.20 Å². The molecule has 0 radical (unpaired) electrons. The molecule has 16 heavy (non-hydrogen) atoms. The van der Waals surface area contributed by atoms with E-state index in [0.717, 1.165) is 6.20 Å². The van der Waals surface area contributed by atoms with Crippen LogP contribution >= 0.6 is 0 Å². The molecule has 0 fully saturated rings. The zero-order valence-corrected chi connectivity index (χ0v) is 9.61. The standard InChI is InChI=1S/C12H17FN2O/c1-8(2)3-9(5-14)12(16)10-4-11(13)7-15-6-10/h4,6-9H,3,5,14H2,1-2H3. The van der Waals surface area contributed by atoms with Crippen molar-refractivity contribution >= 4 is 5.78 Å². The first kappa shape index (κ1) is 12.8. The van der Waals surface area contributed by atoms with Gasteiger partial charge in [0.1, 0.15) is 5.82 Å². The Morgan fingerprint density at radius 1 is 1.50 bits per heavy atom. The Bertz CT molecular complexity index is 366. The van der Waals surface area contributed by atoms with Crippen LogP contribution in [0, 0.1) is 17.7 Å². The number of carbonyl (C=O) groups excluding carboxylic acids is 1. The number of nitrogens with zero attached hydrogens (tertiary/aromatic N) is 1. The maximum absolute atomic E-state index is 12.9. The van der Waals surface area contributed by atoms with Crippen LogP contribution in [0.15, 0.2) is 18.5 Å². The minimum atomic E-state index is -0.494. The van der Waals surface area contributed by atoms with Gasteiger partial charge in [-0.2, -0.15) is 0 Å². The van der Waals surface area contributed by atoms with Gasteiger partial charge in [0, 0.05) is 24.2 Å². The van der Waals surface area contributed by atoms with Crippen molar-refractivity contribution in [2.45, 2.75) is 20.3 Å². The second-order valence-corrected chi connectivity index (χ2v) is 4.32. The Labute approximate surface area is 94.9 Å². The lowest BCUT2D eigenvalue weighted by atomic mass is 9.90. The Morgan fingerprint density at radius 2 is 2.19 bits per heavy atom. The van der Waals surface area contributed by atoms with Crippen LogP contribution < -0.4 is 5.73 Å². The molecule has 0 aliphatic carbocycles. The lowest BCUT2D eigenvalue weighted by molar-refractivity contribution is 0.0908. The average molecular weight is 224 g/mol. The fourth-order valence-electron chi connectivity index (χ4n) is 1.66. The Hall–Kier alpha value is -1.29. The highest BCUT2D eigenvalue weighted by Gasteiger charge is 2.20. The van der Waals surface area contributed by atoms with Crippen molar-refractivity contribution in [1.82, 2.24) is 4.98 Å². The molecule has 0 amide bonds. The van der Waals surface area contributed by atoms with E-state index in [2.05, 4.69) is 4.98 Å². The van der Waals surface area contributed by atoms with E-state index in [1.165, 1.54) is 12.3 Å². The highest BCUT2D eigenvalue weighted by atomic mass is 19.1. The molecule has 0 aliphatic rings. The number of Topliss-reactive ketones (excluding diaryl/α,β-unsaturated/α-hetero) is 1. The number of ketones is 1. The molecule has 88 valence electrons. The zero-order valence-electron chi connectivity index (χ0n) is 9.61. The van der Waals surface area contributed by atoms with Gasteiger partial charge < -0.3 is 5.73 Å². The molecule has 1 rings (SSSR count). The lowest BCUT2D eigenvalue weighted by Gasteiger charge is -2.15. The Balaban J connectivity index is 2.82. The molecule has 3 nitrogen and oxygen atoms in total. The van der Waals surface area contributed by atoms with Crippen molar-refractivity contribution in [1.29, 1.82) is 0 Å². The fourth-order valence-corrected chi connectivity index (χ4v) is 1.66. The highest BCUT2D eigenvalue weighted by molar-refractivity contribution is 5.97. The Kier molecular flexibility index (Phi) is 4.55. The Morgan fingerprint density at radius 3 is 2.69 bits per heavy atom. The summed E-state index contributed by atoms with van der Waals surface area (Å²) in [7, 11) is 0. The van der Waals surface area contributed by atoms with Crippen molar-refractivity contribution in [2.24, 2.45) is 17.6 Å². The number of aromatic nitrogens is 1. The quantitative estimate of drug-likeness (QED) is 0.778. The smallest absolute Gasteiger partial charge is 0.168 e. The summed E-state index contributed by atoms with van der Waals surface area (Å²) >= 11 is 0. The molecule has 0 saturated carbocycles. The molecule has 1 aromatic rings. The van der Waals surface area contributed by atoms with E-state index >= 15 is 0 Å². The van der Waals surface area contributed by atoms with Crippen molar-refractivity contribution in [3.05, 3.63) is 29.8 Å². The number of hydrogen-bond donors (Lipinski definition) is 1. The first-order chi connectivity index (χ1) is 7.54. The predicted octanol–water partition coefficient (Wildman–Crippen LogP) is 2.02. The van der Waals surface area contributed by atoms with E-state index in [0.29, 0.717) is 17.9 Å². The molecule has 1 unspecified atom stereocenters. The van der Waals surface area contributed by atoms with Gasteiger partial charge in [-0.05, 0) is 18.4 Å². The maximum Gasteiger partial charge on any atom is 0.168 e. The van der Waals surface area contributed by atoms with Gasteiger partial charge in [-0.1, -0.05) is 13.8 Å². The summed E-state index contributed by atoms with van der Waals surface area (Å²) in [6.45, 7) is 4.34. The molecule has 0 spiro atoms. The monoisotopic (exact) mass is 224 g/mol. The van der Waals surface area contributed by atoms with E-state index in [1.807, 2.05) is 13.8 Å². The van der Waals surface area contributed by atoms with Crippen LogP contribution in [0.1, 0.15) is 30.6 Å². The summed E-state index contributed by atoms with van der Waals surface area (Å²) in [5, 5.41) is 0. The summed E-state index contributed by atoms with van der Waals surface area (Å²) in [6.07, 6.45) is 3.18. The average Bonchev–Trinajstić information content (AvgIpc) is 2.24. The van der Waals surface area contributed by atoms with Crippen molar-refractivity contribution in [2.75, 3.05) is 6.54 Å². The normalized spacial score (nSPS) is 12.8. The van der Waals surface area contributed by atoms with E-state index in [1.54, 1.807) is 0 Å².